The van der Waals surface area contributed by atoms with E-state index < -0.39 is 5.56 Å². The number of pyridine rings is 1. The molecule has 1 heterocycles. The number of anilines is 1. The van der Waals surface area contributed by atoms with Crippen LogP contribution in [0.4, 0.5) is 5.69 Å². The summed E-state index contributed by atoms with van der Waals surface area (Å²) in [6.07, 6.45) is 1.41. The molecule has 0 spiro atoms. The topological polar surface area (TPSA) is 42.3 Å². The van der Waals surface area contributed by atoms with Gasteiger partial charge in [0.1, 0.15) is 11.6 Å². The standard InChI is InChI=1S/C16H16Cl2N2O2/c1-3-20(13-6-4-5-11(2)7-13)15(21)10-19-9-12(17)8-14(18)16(19)22/h4-9H,3,10H2,1-2H3. The fraction of sp³-hybridized carbons (Fsp3) is 0.250. The van der Waals surface area contributed by atoms with Crippen LogP contribution in [-0.2, 0) is 11.3 Å². The molecule has 22 heavy (non-hydrogen) atoms. The fourth-order valence-electron chi connectivity index (χ4n) is 2.21. The van der Waals surface area contributed by atoms with Crippen LogP contribution in [0.3, 0.4) is 0 Å². The van der Waals surface area contributed by atoms with Gasteiger partial charge in [0.2, 0.25) is 5.91 Å². The molecule has 2 aromatic rings. The maximum Gasteiger partial charge on any atom is 0.269 e. The Morgan fingerprint density at radius 2 is 2.00 bits per heavy atom. The first-order chi connectivity index (χ1) is 10.4. The molecule has 0 atom stereocenters. The molecular weight excluding hydrogens is 323 g/mol. The van der Waals surface area contributed by atoms with E-state index in [1.807, 2.05) is 38.1 Å². The molecule has 0 unspecified atom stereocenters. The molecule has 6 heteroatoms. The molecule has 116 valence electrons. The molecule has 0 aliphatic carbocycles. The van der Waals surface area contributed by atoms with Crippen LogP contribution in [0.25, 0.3) is 0 Å². The lowest BCUT2D eigenvalue weighted by Crippen LogP contribution is -2.36. The van der Waals surface area contributed by atoms with E-state index in [-0.39, 0.29) is 17.5 Å². The zero-order valence-corrected chi connectivity index (χ0v) is 13.9. The number of hydrogen-bond acceptors (Lipinski definition) is 2. The zero-order chi connectivity index (χ0) is 16.3. The number of carbonyl (C=O) groups excluding carboxylic acids is 1. The molecule has 1 amide bonds. The molecule has 0 bridgehead atoms. The van der Waals surface area contributed by atoms with Crippen molar-refractivity contribution in [3.05, 3.63) is 62.5 Å². The summed E-state index contributed by atoms with van der Waals surface area (Å²) in [5.41, 5.74) is 1.43. The molecular formula is C16H16Cl2N2O2. The smallest absolute Gasteiger partial charge is 0.269 e. The molecule has 0 radical (unpaired) electrons. The van der Waals surface area contributed by atoms with Gasteiger partial charge in [-0.25, -0.2) is 0 Å². The van der Waals surface area contributed by atoms with Crippen molar-refractivity contribution in [1.29, 1.82) is 0 Å². The minimum absolute atomic E-state index is 0.00101. The maximum absolute atomic E-state index is 12.5. The second-order valence-corrected chi connectivity index (χ2v) is 5.76. The van der Waals surface area contributed by atoms with Gasteiger partial charge < -0.3 is 9.47 Å². The lowest BCUT2D eigenvalue weighted by atomic mass is 10.2. The van der Waals surface area contributed by atoms with Gasteiger partial charge in [0.05, 0.1) is 5.02 Å². The third-order valence-electron chi connectivity index (χ3n) is 3.25. The van der Waals surface area contributed by atoms with Crippen molar-refractivity contribution in [2.75, 3.05) is 11.4 Å². The highest BCUT2D eigenvalue weighted by Gasteiger charge is 2.16. The second kappa shape index (κ2) is 6.99. The number of likely N-dealkylation sites (N-methyl/N-ethyl adjacent to an activating group) is 1. The Morgan fingerprint density at radius 1 is 1.27 bits per heavy atom. The molecule has 0 saturated heterocycles. The van der Waals surface area contributed by atoms with Gasteiger partial charge in [-0.05, 0) is 37.6 Å². The Labute approximate surface area is 138 Å². The summed E-state index contributed by atoms with van der Waals surface area (Å²) >= 11 is 11.7. The first kappa shape index (κ1) is 16.6. The number of halogens is 2. The van der Waals surface area contributed by atoms with Crippen LogP contribution in [0.5, 0.6) is 0 Å². The Kier molecular flexibility index (Phi) is 5.27. The van der Waals surface area contributed by atoms with E-state index in [1.54, 1.807) is 4.90 Å². The van der Waals surface area contributed by atoms with Gasteiger partial charge in [-0.3, -0.25) is 9.59 Å². The second-order valence-electron chi connectivity index (χ2n) is 4.92. The lowest BCUT2D eigenvalue weighted by Gasteiger charge is -2.22. The van der Waals surface area contributed by atoms with Gasteiger partial charge in [-0.2, -0.15) is 0 Å². The summed E-state index contributed by atoms with van der Waals surface area (Å²) in [6.45, 7) is 4.24. The zero-order valence-electron chi connectivity index (χ0n) is 12.3. The first-order valence-electron chi connectivity index (χ1n) is 6.85. The number of benzene rings is 1. The van der Waals surface area contributed by atoms with Gasteiger partial charge in [0.15, 0.2) is 0 Å². The van der Waals surface area contributed by atoms with Crippen molar-refractivity contribution < 1.29 is 4.79 Å². The molecule has 1 aromatic carbocycles. The van der Waals surface area contributed by atoms with Crippen LogP contribution in [0.1, 0.15) is 12.5 Å². The highest BCUT2D eigenvalue weighted by Crippen LogP contribution is 2.17. The SMILES string of the molecule is CCN(C(=O)Cn1cc(Cl)cc(Cl)c1=O)c1cccc(C)c1. The summed E-state index contributed by atoms with van der Waals surface area (Å²) in [5, 5.41) is 0.315. The van der Waals surface area contributed by atoms with Crippen LogP contribution in [0, 0.1) is 6.92 Å². The van der Waals surface area contributed by atoms with E-state index >= 15 is 0 Å². The van der Waals surface area contributed by atoms with E-state index in [0.29, 0.717) is 11.6 Å². The number of carbonyl (C=O) groups is 1. The highest BCUT2D eigenvalue weighted by molar-refractivity contribution is 6.34. The Balaban J connectivity index is 2.29. The summed E-state index contributed by atoms with van der Waals surface area (Å²) in [5.74, 6) is -0.200. The molecule has 0 aliphatic heterocycles. The average Bonchev–Trinajstić information content (AvgIpc) is 2.45. The molecule has 0 aliphatic rings. The average molecular weight is 339 g/mol. The molecule has 1 aromatic heterocycles. The van der Waals surface area contributed by atoms with Gasteiger partial charge in [-0.15, -0.1) is 0 Å². The van der Waals surface area contributed by atoms with Gasteiger partial charge >= 0.3 is 0 Å². The Morgan fingerprint density at radius 3 is 2.64 bits per heavy atom. The minimum atomic E-state index is -0.431. The molecule has 0 N–H and O–H groups in total. The van der Waals surface area contributed by atoms with E-state index in [4.69, 9.17) is 23.2 Å². The summed E-state index contributed by atoms with van der Waals surface area (Å²) < 4.78 is 1.23. The number of aromatic nitrogens is 1. The van der Waals surface area contributed by atoms with Crippen molar-refractivity contribution >= 4 is 34.8 Å². The largest absolute Gasteiger partial charge is 0.311 e. The Bertz CT molecular complexity index is 756. The summed E-state index contributed by atoms with van der Waals surface area (Å²) in [7, 11) is 0. The quantitative estimate of drug-likeness (QED) is 0.855. The maximum atomic E-state index is 12.5. The van der Waals surface area contributed by atoms with E-state index in [0.717, 1.165) is 11.3 Å². The third kappa shape index (κ3) is 3.70. The van der Waals surface area contributed by atoms with Crippen LogP contribution in [0.2, 0.25) is 10.0 Å². The van der Waals surface area contributed by atoms with E-state index in [9.17, 15) is 9.59 Å². The fourth-order valence-corrected chi connectivity index (χ4v) is 2.72. The van der Waals surface area contributed by atoms with Crippen molar-refractivity contribution in [2.45, 2.75) is 20.4 Å². The highest BCUT2D eigenvalue weighted by atomic mass is 35.5. The van der Waals surface area contributed by atoms with E-state index in [2.05, 4.69) is 0 Å². The predicted molar refractivity (Wildman–Crippen MR) is 89.9 cm³/mol. The van der Waals surface area contributed by atoms with Crippen molar-refractivity contribution in [2.24, 2.45) is 0 Å². The number of nitrogens with zero attached hydrogens (tertiary/aromatic N) is 2. The number of amides is 1. The van der Waals surface area contributed by atoms with Gasteiger partial charge in [0, 0.05) is 18.4 Å². The normalized spacial score (nSPS) is 10.5. The van der Waals surface area contributed by atoms with Crippen LogP contribution < -0.4 is 10.5 Å². The molecule has 0 saturated carbocycles. The number of aryl methyl sites for hydroxylation is 1. The lowest BCUT2D eigenvalue weighted by molar-refractivity contribution is -0.119. The summed E-state index contributed by atoms with van der Waals surface area (Å²) in [4.78, 5) is 26.1. The van der Waals surface area contributed by atoms with Gasteiger partial charge in [0.25, 0.3) is 5.56 Å². The van der Waals surface area contributed by atoms with Crippen LogP contribution in [0.15, 0.2) is 41.3 Å². The third-order valence-corrected chi connectivity index (χ3v) is 3.72. The van der Waals surface area contributed by atoms with E-state index in [1.165, 1.54) is 16.8 Å². The Hall–Kier alpha value is -1.78. The summed E-state index contributed by atoms with van der Waals surface area (Å²) in [6, 6.07) is 9.01. The molecule has 0 fully saturated rings. The predicted octanol–water partition coefficient (Wildman–Crippen LogP) is 3.52. The van der Waals surface area contributed by atoms with Crippen LogP contribution in [-0.4, -0.2) is 17.0 Å². The van der Waals surface area contributed by atoms with Crippen molar-refractivity contribution in [1.82, 2.24) is 4.57 Å². The monoisotopic (exact) mass is 338 g/mol. The minimum Gasteiger partial charge on any atom is -0.311 e. The van der Waals surface area contributed by atoms with Gasteiger partial charge in [-0.1, -0.05) is 35.3 Å². The molecule has 4 nitrogen and oxygen atoms in total. The number of hydrogen-bond donors (Lipinski definition) is 0. The van der Waals surface area contributed by atoms with Crippen molar-refractivity contribution in [3.63, 3.8) is 0 Å². The van der Waals surface area contributed by atoms with Crippen LogP contribution >= 0.6 is 23.2 Å². The first-order valence-corrected chi connectivity index (χ1v) is 7.60. The molecule has 2 rings (SSSR count). The number of rotatable bonds is 4. The van der Waals surface area contributed by atoms with Crippen molar-refractivity contribution in [3.8, 4) is 0 Å².